The summed E-state index contributed by atoms with van der Waals surface area (Å²) in [6, 6.07) is 8.63. The Bertz CT molecular complexity index is 616. The van der Waals surface area contributed by atoms with Gasteiger partial charge in [0.15, 0.2) is 0 Å². The van der Waals surface area contributed by atoms with Gasteiger partial charge in [-0.1, -0.05) is 45.7 Å². The first kappa shape index (κ1) is 15.3. The molecule has 1 atom stereocenters. The second-order valence-corrected chi connectivity index (χ2v) is 5.30. The third-order valence-electron chi connectivity index (χ3n) is 2.65. The average Bonchev–Trinajstić information content (AvgIpc) is 2.37. The highest BCUT2D eigenvalue weighted by molar-refractivity contribution is 9.10. The lowest BCUT2D eigenvalue weighted by Crippen LogP contribution is -2.10. The molecule has 1 heterocycles. The van der Waals surface area contributed by atoms with Crippen LogP contribution in [0, 0.1) is 0 Å². The SMILES string of the molecule is OC(c1ccc(Br)cc1)c1ccc(C(F)(F)F)nc1Cl. The Kier molecular flexibility index (Phi) is 4.36. The highest BCUT2D eigenvalue weighted by Crippen LogP contribution is 2.33. The standard InChI is InChI=1S/C13H8BrClF3NO/c14-8-3-1-7(2-4-8)11(20)9-5-6-10(13(16,17)18)19-12(9)15/h1-6,11,20H. The summed E-state index contributed by atoms with van der Waals surface area (Å²) in [4.78, 5) is 3.28. The van der Waals surface area contributed by atoms with E-state index >= 15 is 0 Å². The number of alkyl halides is 3. The Morgan fingerprint density at radius 2 is 1.70 bits per heavy atom. The lowest BCUT2D eigenvalue weighted by atomic mass is 10.0. The maximum absolute atomic E-state index is 12.5. The molecule has 0 saturated carbocycles. The quantitative estimate of drug-likeness (QED) is 0.788. The van der Waals surface area contributed by atoms with Gasteiger partial charge in [0.1, 0.15) is 17.0 Å². The molecule has 106 valence electrons. The molecule has 0 bridgehead atoms. The number of hydrogen-bond acceptors (Lipinski definition) is 2. The Morgan fingerprint density at radius 1 is 1.10 bits per heavy atom. The first-order valence-electron chi connectivity index (χ1n) is 5.46. The Labute approximate surface area is 126 Å². The molecular weight excluding hydrogens is 358 g/mol. The highest BCUT2D eigenvalue weighted by atomic mass is 79.9. The fourth-order valence-corrected chi connectivity index (χ4v) is 2.15. The smallest absolute Gasteiger partial charge is 0.384 e. The Balaban J connectivity index is 2.36. The number of nitrogens with zero attached hydrogens (tertiary/aromatic N) is 1. The molecule has 0 radical (unpaired) electrons. The second kappa shape index (κ2) is 5.71. The number of halogens is 5. The van der Waals surface area contributed by atoms with Crippen LogP contribution in [0.15, 0.2) is 40.9 Å². The summed E-state index contributed by atoms with van der Waals surface area (Å²) >= 11 is 8.98. The van der Waals surface area contributed by atoms with Crippen LogP contribution in [0.3, 0.4) is 0 Å². The monoisotopic (exact) mass is 365 g/mol. The van der Waals surface area contributed by atoms with Crippen LogP contribution in [0.2, 0.25) is 5.15 Å². The summed E-state index contributed by atoms with van der Waals surface area (Å²) < 4.78 is 38.3. The second-order valence-electron chi connectivity index (χ2n) is 4.03. The van der Waals surface area contributed by atoms with Crippen LogP contribution in [0.5, 0.6) is 0 Å². The van der Waals surface area contributed by atoms with Crippen molar-refractivity contribution in [3.8, 4) is 0 Å². The molecule has 2 aromatic rings. The molecule has 0 aliphatic heterocycles. The number of hydrogen-bond donors (Lipinski definition) is 1. The molecule has 0 aliphatic rings. The molecular formula is C13H8BrClF3NO. The van der Waals surface area contributed by atoms with E-state index in [-0.39, 0.29) is 10.7 Å². The van der Waals surface area contributed by atoms with Crippen molar-refractivity contribution in [1.29, 1.82) is 0 Å². The number of pyridine rings is 1. The van der Waals surface area contributed by atoms with Crippen LogP contribution in [-0.4, -0.2) is 10.1 Å². The summed E-state index contributed by atoms with van der Waals surface area (Å²) in [6.07, 6.45) is -5.70. The minimum Gasteiger partial charge on any atom is -0.384 e. The Morgan fingerprint density at radius 3 is 2.20 bits per heavy atom. The van der Waals surface area contributed by atoms with E-state index in [1.807, 2.05) is 0 Å². The Hall–Kier alpha value is -1.11. The summed E-state index contributed by atoms with van der Waals surface area (Å²) in [7, 11) is 0. The number of benzene rings is 1. The molecule has 0 fully saturated rings. The molecule has 1 N–H and O–H groups in total. The van der Waals surface area contributed by atoms with E-state index in [0.29, 0.717) is 5.56 Å². The zero-order chi connectivity index (χ0) is 14.9. The van der Waals surface area contributed by atoms with Crippen molar-refractivity contribution in [3.05, 3.63) is 62.8 Å². The molecule has 2 nitrogen and oxygen atoms in total. The molecule has 1 aromatic heterocycles. The van der Waals surface area contributed by atoms with E-state index in [1.165, 1.54) is 0 Å². The van der Waals surface area contributed by atoms with Gasteiger partial charge in [-0.3, -0.25) is 0 Å². The molecule has 1 aromatic carbocycles. The first-order chi connectivity index (χ1) is 9.29. The lowest BCUT2D eigenvalue weighted by Gasteiger charge is -2.14. The van der Waals surface area contributed by atoms with Crippen molar-refractivity contribution >= 4 is 27.5 Å². The van der Waals surface area contributed by atoms with Gasteiger partial charge < -0.3 is 5.11 Å². The predicted molar refractivity (Wildman–Crippen MR) is 72.5 cm³/mol. The van der Waals surface area contributed by atoms with Crippen LogP contribution in [0.4, 0.5) is 13.2 Å². The normalized spacial score (nSPS) is 13.3. The van der Waals surface area contributed by atoms with E-state index in [0.717, 1.165) is 16.6 Å². The minimum absolute atomic E-state index is 0.127. The minimum atomic E-state index is -4.56. The van der Waals surface area contributed by atoms with Gasteiger partial charge in [0.25, 0.3) is 0 Å². The van der Waals surface area contributed by atoms with Crippen molar-refractivity contribution in [2.45, 2.75) is 12.3 Å². The van der Waals surface area contributed by atoms with Crippen LogP contribution < -0.4 is 0 Å². The van der Waals surface area contributed by atoms with E-state index in [1.54, 1.807) is 24.3 Å². The highest BCUT2D eigenvalue weighted by Gasteiger charge is 2.33. The molecule has 0 spiro atoms. The van der Waals surface area contributed by atoms with Crippen LogP contribution in [0.25, 0.3) is 0 Å². The van der Waals surface area contributed by atoms with Gasteiger partial charge in [-0.25, -0.2) is 4.98 Å². The van der Waals surface area contributed by atoms with E-state index in [9.17, 15) is 18.3 Å². The van der Waals surface area contributed by atoms with Crippen molar-refractivity contribution in [1.82, 2.24) is 4.98 Å². The lowest BCUT2D eigenvalue weighted by molar-refractivity contribution is -0.141. The molecule has 0 aliphatic carbocycles. The van der Waals surface area contributed by atoms with Gasteiger partial charge in [0, 0.05) is 10.0 Å². The van der Waals surface area contributed by atoms with Crippen LogP contribution >= 0.6 is 27.5 Å². The number of aliphatic hydroxyl groups excluding tert-OH is 1. The fraction of sp³-hybridized carbons (Fsp3) is 0.154. The summed E-state index contributed by atoms with van der Waals surface area (Å²) in [6.45, 7) is 0. The molecule has 20 heavy (non-hydrogen) atoms. The van der Waals surface area contributed by atoms with Crippen molar-refractivity contribution in [3.63, 3.8) is 0 Å². The number of aromatic nitrogens is 1. The summed E-state index contributed by atoms with van der Waals surface area (Å²) in [5, 5.41) is 9.77. The molecule has 0 saturated heterocycles. The third kappa shape index (κ3) is 3.31. The van der Waals surface area contributed by atoms with Gasteiger partial charge in [0.2, 0.25) is 0 Å². The summed E-state index contributed by atoms with van der Waals surface area (Å²) in [5.41, 5.74) is -0.451. The molecule has 2 rings (SSSR count). The van der Waals surface area contributed by atoms with Crippen LogP contribution in [0.1, 0.15) is 22.9 Å². The largest absolute Gasteiger partial charge is 0.433 e. The van der Waals surface area contributed by atoms with Crippen molar-refractivity contribution in [2.24, 2.45) is 0 Å². The maximum Gasteiger partial charge on any atom is 0.433 e. The predicted octanol–water partition coefficient (Wildman–Crippen LogP) is 4.60. The topological polar surface area (TPSA) is 33.1 Å². The van der Waals surface area contributed by atoms with Gasteiger partial charge in [-0.2, -0.15) is 13.2 Å². The van der Waals surface area contributed by atoms with Gasteiger partial charge in [-0.05, 0) is 23.8 Å². The number of rotatable bonds is 2. The van der Waals surface area contributed by atoms with Crippen molar-refractivity contribution < 1.29 is 18.3 Å². The number of aliphatic hydroxyl groups is 1. The molecule has 1 unspecified atom stereocenters. The van der Waals surface area contributed by atoms with Gasteiger partial charge in [0.05, 0.1) is 0 Å². The van der Waals surface area contributed by atoms with E-state index in [2.05, 4.69) is 20.9 Å². The zero-order valence-electron chi connectivity index (χ0n) is 9.83. The fourth-order valence-electron chi connectivity index (χ4n) is 1.63. The zero-order valence-corrected chi connectivity index (χ0v) is 12.2. The van der Waals surface area contributed by atoms with E-state index in [4.69, 9.17) is 11.6 Å². The van der Waals surface area contributed by atoms with Gasteiger partial charge >= 0.3 is 6.18 Å². The molecule has 7 heteroatoms. The maximum atomic E-state index is 12.5. The van der Waals surface area contributed by atoms with E-state index < -0.39 is 18.0 Å². The van der Waals surface area contributed by atoms with Gasteiger partial charge in [-0.15, -0.1) is 0 Å². The third-order valence-corrected chi connectivity index (χ3v) is 3.48. The molecule has 0 amide bonds. The first-order valence-corrected chi connectivity index (χ1v) is 6.63. The van der Waals surface area contributed by atoms with Crippen LogP contribution in [-0.2, 0) is 6.18 Å². The summed E-state index contributed by atoms with van der Waals surface area (Å²) in [5.74, 6) is 0. The average molecular weight is 367 g/mol. The van der Waals surface area contributed by atoms with Crippen molar-refractivity contribution in [2.75, 3.05) is 0 Å².